The van der Waals surface area contributed by atoms with Crippen molar-refractivity contribution in [2.24, 2.45) is 0 Å². The van der Waals surface area contributed by atoms with Gasteiger partial charge in [-0.3, -0.25) is 4.79 Å². The van der Waals surface area contributed by atoms with Crippen LogP contribution in [-0.4, -0.2) is 80.1 Å². The maximum Gasteiger partial charge on any atom is 0.248 e. The Morgan fingerprint density at radius 3 is 2.88 bits per heavy atom. The Labute approximate surface area is 195 Å². The summed E-state index contributed by atoms with van der Waals surface area (Å²) in [5.74, 6) is 1.56. The number of aryl methyl sites for hydroxylation is 1. The third-order valence-electron chi connectivity index (χ3n) is 6.21. The smallest absolute Gasteiger partial charge is 0.248 e. The van der Waals surface area contributed by atoms with Crippen LogP contribution in [0.1, 0.15) is 30.7 Å². The maximum absolute atomic E-state index is 12.8. The van der Waals surface area contributed by atoms with E-state index in [1.807, 2.05) is 17.0 Å². The van der Waals surface area contributed by atoms with Crippen LogP contribution in [-0.2, 0) is 38.4 Å². The minimum Gasteiger partial charge on any atom is -0.382 e. The molecule has 0 spiro atoms. The molecule has 1 aromatic heterocycles. The van der Waals surface area contributed by atoms with Crippen molar-refractivity contribution in [2.75, 3.05) is 58.1 Å². The first-order valence-corrected chi connectivity index (χ1v) is 11.7. The standard InChI is InChI=1S/C25H33N4O4/c1-4-19-5-7-20(8-6-19)24-26-22-9-10-28(23(30)17-33-14-13-31-3)15-21(22)25(27-24)29-11-12-32-16-18(29)2/h5-7,18H,4,9-17H2,1-3H3. The zero-order valence-corrected chi connectivity index (χ0v) is 19.8. The predicted molar refractivity (Wildman–Crippen MR) is 125 cm³/mol. The van der Waals surface area contributed by atoms with Crippen molar-refractivity contribution in [1.29, 1.82) is 0 Å². The fourth-order valence-corrected chi connectivity index (χ4v) is 4.22. The Morgan fingerprint density at radius 1 is 1.27 bits per heavy atom. The van der Waals surface area contributed by atoms with Gasteiger partial charge in [-0.15, -0.1) is 0 Å². The molecule has 3 heterocycles. The number of rotatable bonds is 8. The van der Waals surface area contributed by atoms with Crippen molar-refractivity contribution in [3.05, 3.63) is 41.1 Å². The maximum atomic E-state index is 12.8. The SMILES string of the molecule is CCc1c[c]c(-c2nc3c(c(N4CCOCC4C)n2)CN(C(=O)COCCOC)CC3)cc1. The lowest BCUT2D eigenvalue weighted by atomic mass is 10.0. The Bertz CT molecular complexity index is 950. The van der Waals surface area contributed by atoms with Gasteiger partial charge in [-0.1, -0.05) is 25.1 Å². The first-order valence-electron chi connectivity index (χ1n) is 11.7. The molecule has 8 nitrogen and oxygen atoms in total. The van der Waals surface area contributed by atoms with Gasteiger partial charge in [0, 0.05) is 37.7 Å². The normalized spacial score (nSPS) is 18.3. The summed E-state index contributed by atoms with van der Waals surface area (Å²) in [5.41, 5.74) is 4.16. The van der Waals surface area contributed by atoms with Crippen LogP contribution >= 0.6 is 0 Å². The molecule has 0 saturated carbocycles. The lowest BCUT2D eigenvalue weighted by Crippen LogP contribution is -2.46. The van der Waals surface area contributed by atoms with Gasteiger partial charge in [0.2, 0.25) is 5.91 Å². The van der Waals surface area contributed by atoms with E-state index in [1.54, 1.807) is 7.11 Å². The van der Waals surface area contributed by atoms with Crippen molar-refractivity contribution < 1.29 is 19.0 Å². The van der Waals surface area contributed by atoms with Crippen molar-refractivity contribution >= 4 is 11.7 Å². The fourth-order valence-electron chi connectivity index (χ4n) is 4.22. The van der Waals surface area contributed by atoms with E-state index in [4.69, 9.17) is 24.2 Å². The molecule has 2 aliphatic rings. The number of benzene rings is 1. The minimum absolute atomic E-state index is 0.0229. The molecule has 1 fully saturated rings. The van der Waals surface area contributed by atoms with Gasteiger partial charge in [0.1, 0.15) is 12.4 Å². The third kappa shape index (κ3) is 5.51. The second kappa shape index (κ2) is 11.0. The van der Waals surface area contributed by atoms with Gasteiger partial charge in [-0.05, 0) is 25.0 Å². The van der Waals surface area contributed by atoms with E-state index in [0.717, 1.165) is 35.6 Å². The highest BCUT2D eigenvalue weighted by molar-refractivity contribution is 5.78. The molecule has 0 bridgehead atoms. The number of ether oxygens (including phenoxy) is 3. The number of carbonyl (C=O) groups is 1. The summed E-state index contributed by atoms with van der Waals surface area (Å²) >= 11 is 0. The van der Waals surface area contributed by atoms with Crippen LogP contribution in [0, 0.1) is 6.07 Å². The first-order chi connectivity index (χ1) is 16.1. The molecule has 2 aromatic rings. The molecule has 1 amide bonds. The zero-order chi connectivity index (χ0) is 23.2. The molecule has 1 aromatic carbocycles. The Kier molecular flexibility index (Phi) is 7.90. The zero-order valence-electron chi connectivity index (χ0n) is 19.8. The first kappa shape index (κ1) is 23.6. The summed E-state index contributed by atoms with van der Waals surface area (Å²) in [6.07, 6.45) is 1.66. The number of anilines is 1. The van der Waals surface area contributed by atoms with Crippen LogP contribution in [0.15, 0.2) is 18.2 Å². The molecular weight excluding hydrogens is 420 g/mol. The van der Waals surface area contributed by atoms with Gasteiger partial charge in [0.15, 0.2) is 5.82 Å². The fraction of sp³-hybridized carbons (Fsp3) is 0.560. The summed E-state index contributed by atoms with van der Waals surface area (Å²) in [6, 6.07) is 9.71. The van der Waals surface area contributed by atoms with Crippen LogP contribution < -0.4 is 4.90 Å². The highest BCUT2D eigenvalue weighted by Crippen LogP contribution is 2.31. The number of nitrogens with zero attached hydrogens (tertiary/aromatic N) is 4. The lowest BCUT2D eigenvalue weighted by Gasteiger charge is -2.38. The summed E-state index contributed by atoms with van der Waals surface area (Å²) < 4.78 is 16.1. The van der Waals surface area contributed by atoms with E-state index in [0.29, 0.717) is 51.8 Å². The Hall–Kier alpha value is -2.55. The molecule has 1 unspecified atom stereocenters. The number of hydrogen-bond acceptors (Lipinski definition) is 7. The number of amides is 1. The highest BCUT2D eigenvalue weighted by atomic mass is 16.5. The number of methoxy groups -OCH3 is 1. The lowest BCUT2D eigenvalue weighted by molar-refractivity contribution is -0.137. The molecule has 177 valence electrons. The molecule has 0 aliphatic carbocycles. The average molecular weight is 454 g/mol. The molecule has 1 saturated heterocycles. The average Bonchev–Trinajstić information content (AvgIpc) is 2.86. The van der Waals surface area contributed by atoms with Gasteiger partial charge in [0.05, 0.1) is 44.7 Å². The molecule has 1 radical (unpaired) electrons. The van der Waals surface area contributed by atoms with E-state index in [9.17, 15) is 4.79 Å². The van der Waals surface area contributed by atoms with E-state index in [1.165, 1.54) is 5.56 Å². The number of morpholine rings is 1. The molecule has 4 rings (SSSR count). The summed E-state index contributed by atoms with van der Waals surface area (Å²) in [6.45, 7) is 8.39. The number of carbonyl (C=O) groups excluding carboxylic acids is 1. The van der Waals surface area contributed by atoms with E-state index in [-0.39, 0.29) is 18.6 Å². The largest absolute Gasteiger partial charge is 0.382 e. The number of hydrogen-bond donors (Lipinski definition) is 0. The van der Waals surface area contributed by atoms with Gasteiger partial charge >= 0.3 is 0 Å². The van der Waals surface area contributed by atoms with Crippen molar-refractivity contribution in [3.63, 3.8) is 0 Å². The number of fused-ring (bicyclic) bond motifs is 1. The topological polar surface area (TPSA) is 77.0 Å². The van der Waals surface area contributed by atoms with Crippen LogP contribution in [0.5, 0.6) is 0 Å². The van der Waals surface area contributed by atoms with Gasteiger partial charge in [-0.2, -0.15) is 0 Å². The molecule has 0 N–H and O–H groups in total. The number of aromatic nitrogens is 2. The molecule has 33 heavy (non-hydrogen) atoms. The van der Waals surface area contributed by atoms with Gasteiger partial charge in [-0.25, -0.2) is 9.97 Å². The van der Waals surface area contributed by atoms with Crippen LogP contribution in [0.25, 0.3) is 11.4 Å². The van der Waals surface area contributed by atoms with E-state index in [2.05, 4.69) is 30.9 Å². The van der Waals surface area contributed by atoms with Crippen molar-refractivity contribution in [3.8, 4) is 11.4 Å². The van der Waals surface area contributed by atoms with E-state index < -0.39 is 0 Å². The monoisotopic (exact) mass is 453 g/mol. The second-order valence-corrected chi connectivity index (χ2v) is 8.49. The minimum atomic E-state index is -0.0229. The third-order valence-corrected chi connectivity index (χ3v) is 6.21. The van der Waals surface area contributed by atoms with Crippen LogP contribution in [0.2, 0.25) is 0 Å². The Morgan fingerprint density at radius 2 is 2.15 bits per heavy atom. The molecular formula is C25H33N4O4. The Balaban J connectivity index is 1.63. The quantitative estimate of drug-likeness (QED) is 0.568. The van der Waals surface area contributed by atoms with Crippen molar-refractivity contribution in [2.45, 2.75) is 39.3 Å². The molecule has 1 atom stereocenters. The van der Waals surface area contributed by atoms with Crippen molar-refractivity contribution in [1.82, 2.24) is 14.9 Å². The molecule has 2 aliphatic heterocycles. The summed E-state index contributed by atoms with van der Waals surface area (Å²) in [4.78, 5) is 26.8. The highest BCUT2D eigenvalue weighted by Gasteiger charge is 2.30. The summed E-state index contributed by atoms with van der Waals surface area (Å²) in [7, 11) is 1.62. The second-order valence-electron chi connectivity index (χ2n) is 8.49. The van der Waals surface area contributed by atoms with Gasteiger partial charge < -0.3 is 24.0 Å². The van der Waals surface area contributed by atoms with Crippen LogP contribution in [0.4, 0.5) is 5.82 Å². The predicted octanol–water partition coefficient (Wildman–Crippen LogP) is 2.28. The molecule has 8 heteroatoms. The van der Waals surface area contributed by atoms with Crippen LogP contribution in [0.3, 0.4) is 0 Å². The summed E-state index contributed by atoms with van der Waals surface area (Å²) in [5, 5.41) is 0. The van der Waals surface area contributed by atoms with E-state index >= 15 is 0 Å². The van der Waals surface area contributed by atoms with Gasteiger partial charge in [0.25, 0.3) is 0 Å².